The van der Waals surface area contributed by atoms with Crippen LogP contribution in [0.2, 0.25) is 5.02 Å². The van der Waals surface area contributed by atoms with Crippen LogP contribution >= 0.6 is 11.6 Å². The Labute approximate surface area is 107 Å². The lowest BCUT2D eigenvalue weighted by Gasteiger charge is -2.11. The maximum atomic E-state index is 5.85. The maximum absolute atomic E-state index is 5.85. The van der Waals surface area contributed by atoms with Gasteiger partial charge in [-0.1, -0.05) is 36.4 Å². The van der Waals surface area contributed by atoms with E-state index < -0.39 is 0 Å². The summed E-state index contributed by atoms with van der Waals surface area (Å²) in [6.07, 6.45) is 0. The number of rotatable bonds is 3. The van der Waals surface area contributed by atoms with Crippen LogP contribution in [0.5, 0.6) is 0 Å². The highest BCUT2D eigenvalue weighted by molar-refractivity contribution is 6.30. The first-order valence-corrected chi connectivity index (χ1v) is 5.82. The summed E-state index contributed by atoms with van der Waals surface area (Å²) in [7, 11) is 0. The van der Waals surface area contributed by atoms with Crippen molar-refractivity contribution in [2.24, 2.45) is 0 Å². The summed E-state index contributed by atoms with van der Waals surface area (Å²) in [6.45, 7) is 5.98. The number of hydrogen-bond donors (Lipinski definition) is 1. The van der Waals surface area contributed by atoms with E-state index in [1.165, 1.54) is 0 Å². The van der Waals surface area contributed by atoms with E-state index in [1.54, 1.807) is 0 Å². The molecule has 1 N–H and O–H groups in total. The van der Waals surface area contributed by atoms with Crippen LogP contribution < -0.4 is 5.32 Å². The number of para-hydroxylation sites is 1. The predicted molar refractivity (Wildman–Crippen MR) is 75.9 cm³/mol. The van der Waals surface area contributed by atoms with Gasteiger partial charge < -0.3 is 5.32 Å². The monoisotopic (exact) mass is 243 g/mol. The first kappa shape index (κ1) is 11.7. The van der Waals surface area contributed by atoms with Crippen molar-refractivity contribution in [3.05, 3.63) is 65.7 Å². The number of hydrogen-bond acceptors (Lipinski definition) is 1. The Bertz CT molecular complexity index is 529. The Balaban J connectivity index is 2.30. The summed E-state index contributed by atoms with van der Waals surface area (Å²) in [5.41, 5.74) is 4.25. The first-order valence-electron chi connectivity index (χ1n) is 5.44. The van der Waals surface area contributed by atoms with E-state index in [0.29, 0.717) is 0 Å². The summed E-state index contributed by atoms with van der Waals surface area (Å²) < 4.78 is 0. The zero-order valence-electron chi connectivity index (χ0n) is 9.70. The van der Waals surface area contributed by atoms with E-state index in [9.17, 15) is 0 Å². The molecule has 17 heavy (non-hydrogen) atoms. The highest BCUT2D eigenvalue weighted by Gasteiger charge is 2.02. The standard InChI is InChI=1S/C15H14ClN/c1-11(2)14-5-3-4-6-15(14)17-13-9-7-12(16)8-10-13/h3-10,17H,1H2,2H3. The maximum Gasteiger partial charge on any atom is 0.0460 e. The molecule has 0 saturated heterocycles. The van der Waals surface area contributed by atoms with Crippen molar-refractivity contribution in [2.45, 2.75) is 6.92 Å². The molecule has 2 rings (SSSR count). The molecule has 0 aliphatic carbocycles. The Hall–Kier alpha value is -1.73. The minimum atomic E-state index is 0.740. The number of allylic oxidation sites excluding steroid dienone is 1. The molecule has 2 heteroatoms. The summed E-state index contributed by atoms with van der Waals surface area (Å²) in [5.74, 6) is 0. The second-order valence-corrected chi connectivity index (χ2v) is 4.39. The Kier molecular flexibility index (Phi) is 3.50. The Morgan fingerprint density at radius 2 is 1.71 bits per heavy atom. The SMILES string of the molecule is C=C(C)c1ccccc1Nc1ccc(Cl)cc1. The third-order valence-corrected chi connectivity index (χ3v) is 2.76. The molecule has 0 saturated carbocycles. The van der Waals surface area contributed by atoms with Gasteiger partial charge >= 0.3 is 0 Å². The summed E-state index contributed by atoms with van der Waals surface area (Å²) in [6, 6.07) is 15.8. The molecule has 0 aromatic heterocycles. The van der Waals surface area contributed by atoms with Crippen molar-refractivity contribution in [3.63, 3.8) is 0 Å². The average molecular weight is 244 g/mol. The third kappa shape index (κ3) is 2.89. The van der Waals surface area contributed by atoms with Crippen LogP contribution in [-0.4, -0.2) is 0 Å². The zero-order chi connectivity index (χ0) is 12.3. The van der Waals surface area contributed by atoms with E-state index in [-0.39, 0.29) is 0 Å². The molecule has 86 valence electrons. The molecule has 0 atom stereocenters. The van der Waals surface area contributed by atoms with E-state index in [4.69, 9.17) is 11.6 Å². The van der Waals surface area contributed by atoms with E-state index >= 15 is 0 Å². The summed E-state index contributed by atoms with van der Waals surface area (Å²) >= 11 is 5.85. The minimum Gasteiger partial charge on any atom is -0.355 e. The van der Waals surface area contributed by atoms with E-state index in [2.05, 4.69) is 18.0 Å². The number of nitrogens with one attached hydrogen (secondary N) is 1. The smallest absolute Gasteiger partial charge is 0.0460 e. The van der Waals surface area contributed by atoms with Crippen LogP contribution in [0.15, 0.2) is 55.1 Å². The van der Waals surface area contributed by atoms with Crippen LogP contribution in [-0.2, 0) is 0 Å². The van der Waals surface area contributed by atoms with Crippen LogP contribution in [0.25, 0.3) is 5.57 Å². The molecule has 0 amide bonds. The number of benzene rings is 2. The molecule has 0 aliphatic rings. The van der Waals surface area contributed by atoms with Gasteiger partial charge in [-0.05, 0) is 42.8 Å². The van der Waals surface area contributed by atoms with Crippen molar-refractivity contribution < 1.29 is 0 Å². The van der Waals surface area contributed by atoms with Gasteiger partial charge in [-0.2, -0.15) is 0 Å². The molecule has 2 aromatic carbocycles. The van der Waals surface area contributed by atoms with Crippen molar-refractivity contribution >= 4 is 28.5 Å². The molecule has 1 nitrogen and oxygen atoms in total. The molecular formula is C15H14ClN. The Morgan fingerprint density at radius 3 is 2.35 bits per heavy atom. The second kappa shape index (κ2) is 5.07. The number of halogens is 1. The van der Waals surface area contributed by atoms with Gasteiger partial charge in [0.25, 0.3) is 0 Å². The lowest BCUT2D eigenvalue weighted by Crippen LogP contribution is -1.93. The van der Waals surface area contributed by atoms with Gasteiger partial charge in [-0.3, -0.25) is 0 Å². The quantitative estimate of drug-likeness (QED) is 0.789. The fourth-order valence-electron chi connectivity index (χ4n) is 1.65. The van der Waals surface area contributed by atoms with Gasteiger partial charge in [0.2, 0.25) is 0 Å². The summed E-state index contributed by atoms with van der Waals surface area (Å²) in [4.78, 5) is 0. The molecule has 0 radical (unpaired) electrons. The van der Waals surface area contributed by atoms with E-state index in [1.807, 2.05) is 49.4 Å². The third-order valence-electron chi connectivity index (χ3n) is 2.51. The molecule has 0 bridgehead atoms. The van der Waals surface area contributed by atoms with Gasteiger partial charge in [0, 0.05) is 22.0 Å². The highest BCUT2D eigenvalue weighted by atomic mass is 35.5. The predicted octanol–water partition coefficient (Wildman–Crippen LogP) is 5.12. The molecule has 0 aliphatic heterocycles. The first-order chi connectivity index (χ1) is 8.16. The lowest BCUT2D eigenvalue weighted by atomic mass is 10.1. The van der Waals surface area contributed by atoms with Crippen LogP contribution in [0.4, 0.5) is 11.4 Å². The van der Waals surface area contributed by atoms with Gasteiger partial charge in [0.05, 0.1) is 0 Å². The normalized spacial score (nSPS) is 10.0. The molecule has 2 aromatic rings. The van der Waals surface area contributed by atoms with Crippen molar-refractivity contribution in [1.29, 1.82) is 0 Å². The van der Waals surface area contributed by atoms with Gasteiger partial charge in [0.1, 0.15) is 0 Å². The summed E-state index contributed by atoms with van der Waals surface area (Å²) in [5, 5.41) is 4.10. The van der Waals surface area contributed by atoms with Crippen molar-refractivity contribution in [2.75, 3.05) is 5.32 Å². The van der Waals surface area contributed by atoms with Gasteiger partial charge in [0.15, 0.2) is 0 Å². The van der Waals surface area contributed by atoms with Crippen LogP contribution in [0.1, 0.15) is 12.5 Å². The largest absolute Gasteiger partial charge is 0.355 e. The lowest BCUT2D eigenvalue weighted by molar-refractivity contribution is 1.50. The van der Waals surface area contributed by atoms with Gasteiger partial charge in [-0.15, -0.1) is 0 Å². The van der Waals surface area contributed by atoms with Crippen LogP contribution in [0, 0.1) is 0 Å². The minimum absolute atomic E-state index is 0.740. The molecule has 0 heterocycles. The van der Waals surface area contributed by atoms with Gasteiger partial charge in [-0.25, -0.2) is 0 Å². The Morgan fingerprint density at radius 1 is 1.06 bits per heavy atom. The fourth-order valence-corrected chi connectivity index (χ4v) is 1.78. The molecule has 0 fully saturated rings. The van der Waals surface area contributed by atoms with Crippen molar-refractivity contribution in [1.82, 2.24) is 0 Å². The topological polar surface area (TPSA) is 12.0 Å². The molecule has 0 spiro atoms. The average Bonchev–Trinajstić information content (AvgIpc) is 2.32. The molecule has 0 unspecified atom stereocenters. The fraction of sp³-hybridized carbons (Fsp3) is 0.0667. The highest BCUT2D eigenvalue weighted by Crippen LogP contribution is 2.26. The second-order valence-electron chi connectivity index (χ2n) is 3.96. The molecular weight excluding hydrogens is 230 g/mol. The zero-order valence-corrected chi connectivity index (χ0v) is 10.5. The van der Waals surface area contributed by atoms with E-state index in [0.717, 1.165) is 27.5 Å². The van der Waals surface area contributed by atoms with Crippen LogP contribution in [0.3, 0.4) is 0 Å². The number of anilines is 2. The van der Waals surface area contributed by atoms with Crippen molar-refractivity contribution in [3.8, 4) is 0 Å².